The van der Waals surface area contributed by atoms with Crippen molar-refractivity contribution in [3.05, 3.63) is 18.5 Å². The molecule has 46 valence electrons. The molecule has 2 radical (unpaired) electrons. The van der Waals surface area contributed by atoms with Gasteiger partial charge in [0, 0.05) is 6.20 Å². The van der Waals surface area contributed by atoms with Gasteiger partial charge in [-0.1, -0.05) is 5.46 Å². The molecule has 0 aromatic carbocycles. The second-order valence-corrected chi connectivity index (χ2v) is 2.03. The molecule has 2 heterocycles. The summed E-state index contributed by atoms with van der Waals surface area (Å²) in [7, 11) is 5.59. The highest BCUT2D eigenvalue weighted by Crippen LogP contribution is 2.00. The van der Waals surface area contributed by atoms with E-state index in [1.807, 2.05) is 0 Å². The highest BCUT2D eigenvalue weighted by molar-refractivity contribution is 6.37. The van der Waals surface area contributed by atoms with Gasteiger partial charge >= 0.3 is 0 Å². The third-order valence-corrected chi connectivity index (χ3v) is 1.38. The number of H-pyrrole nitrogens is 1. The lowest BCUT2D eigenvalue weighted by Crippen LogP contribution is -2.03. The van der Waals surface area contributed by atoms with Crippen molar-refractivity contribution in [1.82, 2.24) is 15.2 Å². The smallest absolute Gasteiger partial charge is 0.116 e. The van der Waals surface area contributed by atoms with Crippen molar-refractivity contribution in [2.45, 2.75) is 0 Å². The topological polar surface area (TPSA) is 41.6 Å². The molecule has 2 rings (SSSR count). The number of nitrogens with zero attached hydrogens (tertiary/aromatic N) is 2. The Balaban J connectivity index is 2.95. The summed E-state index contributed by atoms with van der Waals surface area (Å²) in [6.45, 7) is 0. The average Bonchev–Trinajstić information content (AvgIpc) is 2.36. The summed E-state index contributed by atoms with van der Waals surface area (Å²) in [6, 6.07) is 1.74. The maximum atomic E-state index is 5.59. The largest absolute Gasteiger partial charge is 0.277 e. The first-order valence-corrected chi connectivity index (χ1v) is 2.91. The number of fused-ring (bicyclic) bond motifs is 1. The van der Waals surface area contributed by atoms with E-state index in [1.165, 1.54) is 0 Å². The predicted octanol–water partition coefficient (Wildman–Crippen LogP) is -0.248. The lowest BCUT2D eigenvalue weighted by molar-refractivity contribution is 1.12. The van der Waals surface area contributed by atoms with E-state index in [1.54, 1.807) is 18.5 Å². The summed E-state index contributed by atoms with van der Waals surface area (Å²) in [4.78, 5) is 4.03. The van der Waals surface area contributed by atoms with E-state index in [2.05, 4.69) is 15.2 Å². The molecule has 0 aliphatic carbocycles. The van der Waals surface area contributed by atoms with E-state index < -0.39 is 0 Å². The molecule has 0 atom stereocenters. The Morgan fingerprint density at radius 1 is 1.50 bits per heavy atom. The van der Waals surface area contributed by atoms with E-state index in [0.717, 1.165) is 11.0 Å². The third-order valence-electron chi connectivity index (χ3n) is 1.38. The molecule has 0 saturated heterocycles. The number of nitrogens with one attached hydrogen (secondary N) is 1. The average molecular weight is 129 g/mol. The number of hydrogen-bond donors (Lipinski definition) is 1. The fraction of sp³-hybridized carbons (Fsp3) is 0. The quantitative estimate of drug-likeness (QED) is 0.498. The van der Waals surface area contributed by atoms with Gasteiger partial charge in [-0.3, -0.25) is 10.1 Å². The van der Waals surface area contributed by atoms with Crippen molar-refractivity contribution in [3.63, 3.8) is 0 Å². The molecule has 0 amide bonds. The Morgan fingerprint density at radius 3 is 3.20 bits per heavy atom. The third kappa shape index (κ3) is 0.619. The van der Waals surface area contributed by atoms with Gasteiger partial charge in [-0.15, -0.1) is 0 Å². The molecule has 2 aromatic rings. The van der Waals surface area contributed by atoms with E-state index >= 15 is 0 Å². The molecule has 1 N–H and O–H groups in total. The van der Waals surface area contributed by atoms with Crippen LogP contribution in [0, 0.1) is 0 Å². The van der Waals surface area contributed by atoms with Gasteiger partial charge in [-0.2, -0.15) is 5.10 Å². The minimum atomic E-state index is 0.683. The number of hydrogen-bond acceptors (Lipinski definition) is 2. The predicted molar refractivity (Wildman–Crippen MR) is 39.3 cm³/mol. The second-order valence-electron chi connectivity index (χ2n) is 2.03. The molecule has 0 unspecified atom stereocenters. The zero-order chi connectivity index (χ0) is 6.97. The number of rotatable bonds is 0. The van der Waals surface area contributed by atoms with Crippen molar-refractivity contribution in [2.24, 2.45) is 0 Å². The lowest BCUT2D eigenvalue weighted by atomic mass is 9.96. The molecule has 0 bridgehead atoms. The molecular weight excluding hydrogens is 125 g/mol. The molecular formula is C6H4BN3. The fourth-order valence-corrected chi connectivity index (χ4v) is 0.871. The fourth-order valence-electron chi connectivity index (χ4n) is 0.871. The molecule has 3 nitrogen and oxygen atoms in total. The van der Waals surface area contributed by atoms with Crippen LogP contribution in [0.2, 0.25) is 0 Å². The van der Waals surface area contributed by atoms with Crippen LogP contribution in [0.1, 0.15) is 0 Å². The van der Waals surface area contributed by atoms with Gasteiger partial charge in [0.25, 0.3) is 0 Å². The van der Waals surface area contributed by atoms with Crippen LogP contribution in [0.4, 0.5) is 0 Å². The highest BCUT2D eigenvalue weighted by atomic mass is 15.1. The summed E-state index contributed by atoms with van der Waals surface area (Å²) in [6.07, 6.45) is 3.30. The van der Waals surface area contributed by atoms with Crippen LogP contribution < -0.4 is 5.46 Å². The first-order valence-electron chi connectivity index (χ1n) is 2.91. The SMILES string of the molecule is [B]c1ccnc2cn[nH]c12. The second kappa shape index (κ2) is 1.83. The van der Waals surface area contributed by atoms with Crippen LogP contribution >= 0.6 is 0 Å². The minimum absolute atomic E-state index is 0.683. The molecule has 4 heteroatoms. The molecule has 2 aromatic heterocycles. The van der Waals surface area contributed by atoms with E-state index in [0.29, 0.717) is 5.46 Å². The summed E-state index contributed by atoms with van der Waals surface area (Å²) in [5, 5.41) is 6.54. The summed E-state index contributed by atoms with van der Waals surface area (Å²) < 4.78 is 0. The zero-order valence-electron chi connectivity index (χ0n) is 5.20. The van der Waals surface area contributed by atoms with Gasteiger partial charge in [0.1, 0.15) is 13.4 Å². The van der Waals surface area contributed by atoms with Crippen molar-refractivity contribution in [1.29, 1.82) is 0 Å². The van der Waals surface area contributed by atoms with Crippen LogP contribution in [-0.2, 0) is 0 Å². The van der Waals surface area contributed by atoms with Crippen molar-refractivity contribution in [3.8, 4) is 0 Å². The Labute approximate surface area is 58.9 Å². The minimum Gasteiger partial charge on any atom is -0.277 e. The Kier molecular flexibility index (Phi) is 1.00. The highest BCUT2D eigenvalue weighted by Gasteiger charge is 1.96. The van der Waals surface area contributed by atoms with E-state index in [-0.39, 0.29) is 0 Å². The first kappa shape index (κ1) is 5.47. The monoisotopic (exact) mass is 129 g/mol. The van der Waals surface area contributed by atoms with Gasteiger partial charge in [0.15, 0.2) is 0 Å². The zero-order valence-corrected chi connectivity index (χ0v) is 5.20. The summed E-state index contributed by atoms with van der Waals surface area (Å²) in [5.41, 5.74) is 2.30. The Morgan fingerprint density at radius 2 is 2.40 bits per heavy atom. The number of pyridine rings is 1. The van der Waals surface area contributed by atoms with Gasteiger partial charge in [0.05, 0.1) is 11.7 Å². The molecule has 0 fully saturated rings. The molecule has 0 aliphatic rings. The van der Waals surface area contributed by atoms with Crippen LogP contribution in [0.15, 0.2) is 18.5 Å². The van der Waals surface area contributed by atoms with Crippen LogP contribution in [0.5, 0.6) is 0 Å². The van der Waals surface area contributed by atoms with Gasteiger partial charge < -0.3 is 0 Å². The van der Waals surface area contributed by atoms with Crippen molar-refractivity contribution in [2.75, 3.05) is 0 Å². The summed E-state index contributed by atoms with van der Waals surface area (Å²) in [5.74, 6) is 0. The number of aromatic nitrogens is 3. The van der Waals surface area contributed by atoms with Crippen molar-refractivity contribution >= 4 is 24.3 Å². The van der Waals surface area contributed by atoms with Gasteiger partial charge in [-0.25, -0.2) is 0 Å². The maximum absolute atomic E-state index is 5.59. The van der Waals surface area contributed by atoms with Crippen LogP contribution in [0.3, 0.4) is 0 Å². The molecule has 0 spiro atoms. The number of aromatic amines is 1. The van der Waals surface area contributed by atoms with E-state index in [4.69, 9.17) is 7.85 Å². The standard InChI is InChI=1S/C6H4BN3/c7-4-1-2-8-5-3-9-10-6(4)5/h1-3H,(H,9,10). The maximum Gasteiger partial charge on any atom is 0.116 e. The Bertz CT molecular complexity index is 355. The van der Waals surface area contributed by atoms with Crippen LogP contribution in [-0.4, -0.2) is 23.0 Å². The van der Waals surface area contributed by atoms with Gasteiger partial charge in [0.2, 0.25) is 0 Å². The van der Waals surface area contributed by atoms with Crippen molar-refractivity contribution < 1.29 is 0 Å². The Hall–Kier alpha value is -1.32. The first-order chi connectivity index (χ1) is 4.88. The molecule has 0 saturated carbocycles. The summed E-state index contributed by atoms with van der Waals surface area (Å²) >= 11 is 0. The van der Waals surface area contributed by atoms with E-state index in [9.17, 15) is 0 Å². The lowest BCUT2D eigenvalue weighted by Gasteiger charge is -1.90. The molecule has 0 aliphatic heterocycles. The van der Waals surface area contributed by atoms with Crippen LogP contribution in [0.25, 0.3) is 11.0 Å². The van der Waals surface area contributed by atoms with Gasteiger partial charge in [-0.05, 0) is 6.07 Å². The normalized spacial score (nSPS) is 10.4. The molecule has 10 heavy (non-hydrogen) atoms.